The van der Waals surface area contributed by atoms with E-state index in [-0.39, 0.29) is 11.6 Å². The van der Waals surface area contributed by atoms with E-state index in [4.69, 9.17) is 12.2 Å². The largest absolute Gasteiger partial charge is 0.338 e. The lowest BCUT2D eigenvalue weighted by Gasteiger charge is -2.33. The van der Waals surface area contributed by atoms with Crippen LogP contribution in [0.5, 0.6) is 0 Å². The van der Waals surface area contributed by atoms with Gasteiger partial charge in [-0.3, -0.25) is 14.6 Å². The summed E-state index contributed by atoms with van der Waals surface area (Å²) in [4.78, 5) is 32.8. The van der Waals surface area contributed by atoms with E-state index in [2.05, 4.69) is 15.2 Å². The quantitative estimate of drug-likeness (QED) is 0.434. The lowest BCUT2D eigenvalue weighted by atomic mass is 10.1. The van der Waals surface area contributed by atoms with E-state index in [0.29, 0.717) is 17.7 Å². The van der Waals surface area contributed by atoms with Crippen LogP contribution in [0.2, 0.25) is 0 Å². The molecule has 4 rings (SSSR count). The van der Waals surface area contributed by atoms with Crippen molar-refractivity contribution in [1.82, 2.24) is 4.90 Å². The van der Waals surface area contributed by atoms with Crippen LogP contribution in [0.3, 0.4) is 0 Å². The van der Waals surface area contributed by atoms with Crippen molar-refractivity contribution in [2.45, 2.75) is 0 Å². The number of carbonyl (C=O) groups is 2. The molecule has 0 radical (unpaired) electrons. The Morgan fingerprint density at radius 2 is 1.63 bits per heavy atom. The molecule has 0 atom stereocenters. The fourth-order valence-corrected chi connectivity index (χ4v) is 4.21. The molecule has 2 aromatic carbocycles. The van der Waals surface area contributed by atoms with Crippen molar-refractivity contribution in [2.24, 2.45) is 10.9 Å². The summed E-state index contributed by atoms with van der Waals surface area (Å²) in [5.74, 6) is -1.03. The molecule has 154 valence electrons. The van der Waals surface area contributed by atoms with Gasteiger partial charge in [-0.05, 0) is 24.4 Å². The molecule has 30 heavy (non-hydrogen) atoms. The Bertz CT molecular complexity index is 933. The van der Waals surface area contributed by atoms with Gasteiger partial charge >= 0.3 is 0 Å². The smallest absolute Gasteiger partial charge is 0.179 e. The Hall–Kier alpha value is -2.90. The molecule has 0 spiro atoms. The number of fused-ring (bicyclic) bond motifs is 1. The Kier molecular flexibility index (Phi) is 6.30. The zero-order chi connectivity index (χ0) is 20.9. The number of ketones is 2. The molecule has 0 unspecified atom stereocenters. The van der Waals surface area contributed by atoms with Gasteiger partial charge in [0.25, 0.3) is 0 Å². The third kappa shape index (κ3) is 4.47. The fraction of sp³-hybridized carbons (Fsp3) is 0.304. The topological polar surface area (TPSA) is 66.2 Å². The van der Waals surface area contributed by atoms with Crippen LogP contribution < -0.4 is 10.2 Å². The summed E-state index contributed by atoms with van der Waals surface area (Å²) in [6.45, 7) is 5.25. The number of para-hydroxylation sites is 1. The third-order valence-corrected chi connectivity index (χ3v) is 6.01. The number of nitrogens with one attached hydrogen (secondary N) is 2. The Labute approximate surface area is 181 Å². The summed E-state index contributed by atoms with van der Waals surface area (Å²) < 4.78 is 0. The number of rotatable bonds is 5. The number of piperazine rings is 1. The van der Waals surface area contributed by atoms with E-state index in [9.17, 15) is 9.59 Å². The first kappa shape index (κ1) is 20.4. The normalized spacial score (nSPS) is 17.5. The highest BCUT2D eigenvalue weighted by atomic mass is 32.1. The van der Waals surface area contributed by atoms with Gasteiger partial charge in [0.05, 0.1) is 39.3 Å². The second-order valence-electron chi connectivity index (χ2n) is 7.59. The van der Waals surface area contributed by atoms with Crippen molar-refractivity contribution in [1.29, 1.82) is 0 Å². The van der Waals surface area contributed by atoms with Gasteiger partial charge in [0.2, 0.25) is 0 Å². The molecule has 1 heterocycles. The van der Waals surface area contributed by atoms with Crippen LogP contribution in [0.1, 0.15) is 20.7 Å². The minimum atomic E-state index is -0.754. The van der Waals surface area contributed by atoms with Gasteiger partial charge in [-0.15, -0.1) is 0 Å². The SMILES string of the molecule is O=C1c2ccccc2C(=O)C1C=NCC[NH+]1CCN(C(=S)Nc2ccccc2)CC1. The minimum absolute atomic E-state index is 0.139. The second-order valence-corrected chi connectivity index (χ2v) is 7.98. The minimum Gasteiger partial charge on any atom is -0.338 e. The van der Waals surface area contributed by atoms with Crippen LogP contribution >= 0.6 is 12.2 Å². The summed E-state index contributed by atoms with van der Waals surface area (Å²) in [6.07, 6.45) is 1.54. The van der Waals surface area contributed by atoms with Crippen molar-refractivity contribution >= 4 is 40.8 Å². The summed E-state index contributed by atoms with van der Waals surface area (Å²) >= 11 is 5.53. The average Bonchev–Trinajstić information content (AvgIpc) is 3.02. The van der Waals surface area contributed by atoms with Gasteiger partial charge in [0, 0.05) is 23.0 Å². The molecular formula is C23H25N4O2S+. The Morgan fingerprint density at radius 1 is 1.03 bits per heavy atom. The van der Waals surface area contributed by atoms with Gasteiger partial charge < -0.3 is 15.1 Å². The average molecular weight is 422 g/mol. The first-order valence-electron chi connectivity index (χ1n) is 10.3. The first-order chi connectivity index (χ1) is 14.6. The van der Waals surface area contributed by atoms with Crippen LogP contribution in [0, 0.1) is 5.92 Å². The number of nitrogens with zero attached hydrogens (tertiary/aromatic N) is 2. The van der Waals surface area contributed by atoms with Crippen LogP contribution in [0.4, 0.5) is 5.69 Å². The lowest BCUT2D eigenvalue weighted by Crippen LogP contribution is -3.15. The predicted octanol–water partition coefficient (Wildman–Crippen LogP) is 1.35. The molecule has 1 aliphatic heterocycles. The molecule has 2 aromatic rings. The van der Waals surface area contributed by atoms with Crippen LogP contribution in [-0.4, -0.2) is 67.1 Å². The van der Waals surface area contributed by atoms with Gasteiger partial charge in [0.15, 0.2) is 16.7 Å². The maximum atomic E-state index is 12.4. The number of quaternary nitrogens is 1. The van der Waals surface area contributed by atoms with Gasteiger partial charge in [-0.1, -0.05) is 42.5 Å². The summed E-state index contributed by atoms with van der Waals surface area (Å²) in [5.41, 5.74) is 2.03. The molecule has 0 saturated carbocycles. The van der Waals surface area contributed by atoms with Crippen LogP contribution in [0.25, 0.3) is 0 Å². The molecule has 2 N–H and O–H groups in total. The lowest BCUT2D eigenvalue weighted by molar-refractivity contribution is -0.902. The Morgan fingerprint density at radius 3 is 2.27 bits per heavy atom. The zero-order valence-corrected chi connectivity index (χ0v) is 17.5. The molecule has 2 aliphatic rings. The van der Waals surface area contributed by atoms with Crippen molar-refractivity contribution in [3.63, 3.8) is 0 Å². The number of aliphatic imine (C=N–C) groups is 1. The number of hydrogen-bond donors (Lipinski definition) is 2. The van der Waals surface area contributed by atoms with E-state index in [1.54, 1.807) is 30.5 Å². The van der Waals surface area contributed by atoms with E-state index in [0.717, 1.165) is 43.5 Å². The molecule has 1 saturated heterocycles. The standard InChI is InChI=1S/C23H24N4O2S/c28-21-18-8-4-5-9-19(18)22(29)20(21)16-24-10-11-26-12-14-27(15-13-26)23(30)25-17-6-2-1-3-7-17/h1-9,16,20H,10-15H2,(H,25,30)/p+1. The Balaban J connectivity index is 1.21. The highest BCUT2D eigenvalue weighted by Gasteiger charge is 2.36. The molecule has 0 aromatic heterocycles. The van der Waals surface area contributed by atoms with Gasteiger partial charge in [-0.2, -0.15) is 0 Å². The van der Waals surface area contributed by atoms with Crippen molar-refractivity contribution in [3.8, 4) is 0 Å². The molecule has 0 bridgehead atoms. The summed E-state index contributed by atoms with van der Waals surface area (Å²) in [6, 6.07) is 17.0. The number of benzene rings is 2. The zero-order valence-electron chi connectivity index (χ0n) is 16.7. The number of hydrogen-bond acceptors (Lipinski definition) is 4. The second kappa shape index (κ2) is 9.28. The maximum Gasteiger partial charge on any atom is 0.179 e. The van der Waals surface area contributed by atoms with Gasteiger partial charge in [0.1, 0.15) is 5.92 Å². The van der Waals surface area contributed by atoms with Crippen molar-refractivity contribution in [3.05, 3.63) is 65.7 Å². The number of carbonyl (C=O) groups excluding carboxylic acids is 2. The van der Waals surface area contributed by atoms with Crippen LogP contribution in [0.15, 0.2) is 59.6 Å². The maximum absolute atomic E-state index is 12.4. The van der Waals surface area contributed by atoms with E-state index >= 15 is 0 Å². The molecule has 0 amide bonds. The summed E-state index contributed by atoms with van der Waals surface area (Å²) in [7, 11) is 0. The monoisotopic (exact) mass is 421 g/mol. The fourth-order valence-electron chi connectivity index (χ4n) is 3.91. The number of Topliss-reactive ketones (excluding diaryl/α,β-unsaturated/α-hetero) is 2. The number of anilines is 1. The first-order valence-corrected chi connectivity index (χ1v) is 10.7. The predicted molar refractivity (Wildman–Crippen MR) is 122 cm³/mol. The van der Waals surface area contributed by atoms with Gasteiger partial charge in [-0.25, -0.2) is 0 Å². The molecule has 7 heteroatoms. The molecular weight excluding hydrogens is 396 g/mol. The summed E-state index contributed by atoms with van der Waals surface area (Å²) in [5, 5.41) is 4.05. The highest BCUT2D eigenvalue weighted by molar-refractivity contribution is 7.80. The molecule has 6 nitrogen and oxygen atoms in total. The van der Waals surface area contributed by atoms with Crippen molar-refractivity contribution < 1.29 is 14.5 Å². The third-order valence-electron chi connectivity index (χ3n) is 5.65. The highest BCUT2D eigenvalue weighted by Crippen LogP contribution is 2.25. The van der Waals surface area contributed by atoms with E-state index in [1.165, 1.54) is 4.90 Å². The molecule has 1 fully saturated rings. The number of thiocarbonyl (C=S) groups is 1. The van der Waals surface area contributed by atoms with Crippen molar-refractivity contribution in [2.75, 3.05) is 44.6 Å². The van der Waals surface area contributed by atoms with E-state index < -0.39 is 5.92 Å². The molecule has 1 aliphatic carbocycles. The van der Waals surface area contributed by atoms with E-state index in [1.807, 2.05) is 30.3 Å². The van der Waals surface area contributed by atoms with Crippen LogP contribution in [-0.2, 0) is 0 Å².